The molecule has 1 heterocycles. The summed E-state index contributed by atoms with van der Waals surface area (Å²) < 4.78 is 9.96. The van der Waals surface area contributed by atoms with E-state index in [0.717, 1.165) is 5.56 Å². The van der Waals surface area contributed by atoms with E-state index in [-0.39, 0.29) is 25.0 Å². The summed E-state index contributed by atoms with van der Waals surface area (Å²) in [6.07, 6.45) is 0. The Bertz CT molecular complexity index is 565. The van der Waals surface area contributed by atoms with Crippen molar-refractivity contribution < 1.29 is 19.2 Å². The SMILES string of the molecule is Cc1cc(OCC(=O)Nc2cccc(CO)c2)no1. The van der Waals surface area contributed by atoms with Gasteiger partial charge >= 0.3 is 0 Å². The molecule has 2 rings (SSSR count). The molecule has 1 aromatic heterocycles. The maximum absolute atomic E-state index is 11.6. The average molecular weight is 262 g/mol. The fourth-order valence-corrected chi connectivity index (χ4v) is 1.50. The third-order valence-corrected chi connectivity index (χ3v) is 2.35. The van der Waals surface area contributed by atoms with E-state index < -0.39 is 0 Å². The van der Waals surface area contributed by atoms with E-state index in [1.807, 2.05) is 0 Å². The number of anilines is 1. The summed E-state index contributed by atoms with van der Waals surface area (Å²) in [5.41, 5.74) is 1.34. The van der Waals surface area contributed by atoms with Crippen molar-refractivity contribution in [3.8, 4) is 5.88 Å². The normalized spacial score (nSPS) is 10.2. The Morgan fingerprint density at radius 3 is 3.00 bits per heavy atom. The third kappa shape index (κ3) is 3.82. The van der Waals surface area contributed by atoms with Crippen LogP contribution in [-0.4, -0.2) is 22.8 Å². The summed E-state index contributed by atoms with van der Waals surface area (Å²) in [5.74, 6) is 0.582. The molecule has 6 nitrogen and oxygen atoms in total. The maximum atomic E-state index is 11.6. The second kappa shape index (κ2) is 6.01. The van der Waals surface area contributed by atoms with E-state index in [1.165, 1.54) is 0 Å². The minimum atomic E-state index is -0.309. The molecule has 2 aromatic rings. The van der Waals surface area contributed by atoms with Crippen molar-refractivity contribution in [1.82, 2.24) is 5.16 Å². The van der Waals surface area contributed by atoms with Crippen LogP contribution < -0.4 is 10.1 Å². The van der Waals surface area contributed by atoms with Crippen LogP contribution in [0.4, 0.5) is 5.69 Å². The number of hydrogen-bond acceptors (Lipinski definition) is 5. The molecule has 6 heteroatoms. The topological polar surface area (TPSA) is 84.6 Å². The first-order valence-corrected chi connectivity index (χ1v) is 5.73. The van der Waals surface area contributed by atoms with E-state index in [0.29, 0.717) is 11.4 Å². The molecule has 0 aliphatic carbocycles. The Morgan fingerprint density at radius 1 is 1.47 bits per heavy atom. The van der Waals surface area contributed by atoms with Crippen LogP contribution in [0.25, 0.3) is 0 Å². The number of aryl methyl sites for hydroxylation is 1. The quantitative estimate of drug-likeness (QED) is 0.852. The van der Waals surface area contributed by atoms with Crippen LogP contribution in [0.2, 0.25) is 0 Å². The zero-order valence-electron chi connectivity index (χ0n) is 10.4. The number of carbonyl (C=O) groups excluding carboxylic acids is 1. The lowest BCUT2D eigenvalue weighted by Gasteiger charge is -2.06. The van der Waals surface area contributed by atoms with Crippen LogP contribution in [0, 0.1) is 6.92 Å². The minimum Gasteiger partial charge on any atom is -0.465 e. The summed E-state index contributed by atoms with van der Waals surface area (Å²) in [6, 6.07) is 8.54. The second-order valence-electron chi connectivity index (χ2n) is 3.97. The van der Waals surface area contributed by atoms with Gasteiger partial charge in [0.25, 0.3) is 11.8 Å². The smallest absolute Gasteiger partial charge is 0.262 e. The Labute approximate surface area is 110 Å². The summed E-state index contributed by atoms with van der Waals surface area (Å²) in [6.45, 7) is 1.51. The van der Waals surface area contributed by atoms with E-state index in [9.17, 15) is 4.79 Å². The van der Waals surface area contributed by atoms with Crippen molar-refractivity contribution in [3.05, 3.63) is 41.7 Å². The zero-order valence-corrected chi connectivity index (χ0v) is 10.4. The van der Waals surface area contributed by atoms with Gasteiger partial charge in [-0.3, -0.25) is 4.79 Å². The van der Waals surface area contributed by atoms with Gasteiger partial charge < -0.3 is 19.7 Å². The van der Waals surface area contributed by atoms with Gasteiger partial charge in [-0.15, -0.1) is 0 Å². The van der Waals surface area contributed by atoms with Crippen molar-refractivity contribution in [2.45, 2.75) is 13.5 Å². The average Bonchev–Trinajstić information content (AvgIpc) is 2.82. The predicted octanol–water partition coefficient (Wildman–Crippen LogP) is 1.49. The number of aliphatic hydroxyl groups is 1. The Kier molecular flexibility index (Phi) is 4.15. The number of benzene rings is 1. The summed E-state index contributed by atoms with van der Waals surface area (Å²) in [5, 5.41) is 15.3. The van der Waals surface area contributed by atoms with E-state index in [2.05, 4.69) is 10.5 Å². The number of aliphatic hydroxyl groups excluding tert-OH is 1. The van der Waals surface area contributed by atoms with Gasteiger partial charge in [0, 0.05) is 11.8 Å². The number of nitrogens with one attached hydrogen (secondary N) is 1. The lowest BCUT2D eigenvalue weighted by molar-refractivity contribution is -0.118. The van der Waals surface area contributed by atoms with Crippen molar-refractivity contribution >= 4 is 11.6 Å². The van der Waals surface area contributed by atoms with Crippen LogP contribution in [0.1, 0.15) is 11.3 Å². The number of aromatic nitrogens is 1. The van der Waals surface area contributed by atoms with Gasteiger partial charge in [-0.05, 0) is 29.8 Å². The molecule has 0 spiro atoms. The molecule has 0 saturated heterocycles. The van der Waals surface area contributed by atoms with Crippen LogP contribution in [0.5, 0.6) is 5.88 Å². The first-order valence-electron chi connectivity index (χ1n) is 5.73. The number of rotatable bonds is 5. The molecule has 100 valence electrons. The lowest BCUT2D eigenvalue weighted by Crippen LogP contribution is -2.20. The second-order valence-corrected chi connectivity index (χ2v) is 3.97. The highest BCUT2D eigenvalue weighted by Gasteiger charge is 2.06. The van der Waals surface area contributed by atoms with E-state index in [1.54, 1.807) is 37.3 Å². The van der Waals surface area contributed by atoms with Crippen LogP contribution >= 0.6 is 0 Å². The number of carbonyl (C=O) groups is 1. The summed E-state index contributed by atoms with van der Waals surface area (Å²) >= 11 is 0. The highest BCUT2D eigenvalue weighted by Crippen LogP contribution is 2.12. The standard InChI is InChI=1S/C13H14N2O4/c1-9-5-13(15-19-9)18-8-12(17)14-11-4-2-3-10(6-11)7-16/h2-6,16H,7-8H2,1H3,(H,14,17). The molecule has 0 bridgehead atoms. The van der Waals surface area contributed by atoms with Gasteiger partial charge in [0.05, 0.1) is 6.61 Å². The molecule has 19 heavy (non-hydrogen) atoms. The maximum Gasteiger partial charge on any atom is 0.262 e. The number of nitrogens with zero attached hydrogens (tertiary/aromatic N) is 1. The van der Waals surface area contributed by atoms with Crippen molar-refractivity contribution in [1.29, 1.82) is 0 Å². The molecule has 0 saturated carbocycles. The van der Waals surface area contributed by atoms with Gasteiger partial charge in [0.15, 0.2) is 6.61 Å². The predicted molar refractivity (Wildman–Crippen MR) is 67.7 cm³/mol. The van der Waals surface area contributed by atoms with Crippen molar-refractivity contribution in [2.75, 3.05) is 11.9 Å². The monoisotopic (exact) mass is 262 g/mol. The Morgan fingerprint density at radius 2 is 2.32 bits per heavy atom. The van der Waals surface area contributed by atoms with E-state index in [4.69, 9.17) is 14.4 Å². The van der Waals surface area contributed by atoms with Crippen molar-refractivity contribution in [3.63, 3.8) is 0 Å². The largest absolute Gasteiger partial charge is 0.465 e. The van der Waals surface area contributed by atoms with Gasteiger partial charge in [0.1, 0.15) is 5.76 Å². The Hall–Kier alpha value is -2.34. The van der Waals surface area contributed by atoms with E-state index >= 15 is 0 Å². The molecule has 2 N–H and O–H groups in total. The van der Waals surface area contributed by atoms with Gasteiger partial charge in [0.2, 0.25) is 0 Å². The molecule has 0 aliphatic rings. The number of amides is 1. The molecule has 1 aromatic carbocycles. The number of hydrogen-bond donors (Lipinski definition) is 2. The third-order valence-electron chi connectivity index (χ3n) is 2.35. The fourth-order valence-electron chi connectivity index (χ4n) is 1.50. The Balaban J connectivity index is 1.86. The van der Waals surface area contributed by atoms with Crippen molar-refractivity contribution in [2.24, 2.45) is 0 Å². The molecule has 0 atom stereocenters. The number of ether oxygens (including phenoxy) is 1. The van der Waals surface area contributed by atoms with Gasteiger partial charge in [-0.25, -0.2) is 0 Å². The van der Waals surface area contributed by atoms with Gasteiger partial charge in [-0.1, -0.05) is 12.1 Å². The molecule has 0 aliphatic heterocycles. The highest BCUT2D eigenvalue weighted by molar-refractivity contribution is 5.91. The molecule has 0 radical (unpaired) electrons. The van der Waals surface area contributed by atoms with Gasteiger partial charge in [-0.2, -0.15) is 0 Å². The molecular formula is C13H14N2O4. The summed E-state index contributed by atoms with van der Waals surface area (Å²) in [4.78, 5) is 11.6. The summed E-state index contributed by atoms with van der Waals surface area (Å²) in [7, 11) is 0. The molecule has 0 unspecified atom stereocenters. The molecule has 1 amide bonds. The lowest BCUT2D eigenvalue weighted by atomic mass is 10.2. The van der Waals surface area contributed by atoms with Crippen LogP contribution in [0.15, 0.2) is 34.9 Å². The van der Waals surface area contributed by atoms with Crippen LogP contribution in [-0.2, 0) is 11.4 Å². The fraction of sp³-hybridized carbons (Fsp3) is 0.231. The molecule has 0 fully saturated rings. The van der Waals surface area contributed by atoms with Crippen LogP contribution in [0.3, 0.4) is 0 Å². The molecular weight excluding hydrogens is 248 g/mol. The zero-order chi connectivity index (χ0) is 13.7. The first kappa shape index (κ1) is 13.1. The highest BCUT2D eigenvalue weighted by atomic mass is 16.5. The minimum absolute atomic E-state index is 0.0710. The first-order chi connectivity index (χ1) is 9.17.